The van der Waals surface area contributed by atoms with Crippen molar-refractivity contribution in [3.8, 4) is 0 Å². The molecular weight excluding hydrogens is 424 g/mol. The number of aromatic nitrogens is 3. The molecule has 0 radical (unpaired) electrons. The van der Waals surface area contributed by atoms with Crippen LogP contribution in [0.2, 0.25) is 0 Å². The Hall–Kier alpha value is -0.730. The lowest BCUT2D eigenvalue weighted by Crippen LogP contribution is -2.05. The zero-order valence-electron chi connectivity index (χ0n) is 11.2. The first-order chi connectivity index (χ1) is 10.1. The third kappa shape index (κ3) is 3.07. The molecule has 2 aromatic heterocycles. The number of rotatable bonds is 4. The molecule has 0 aliphatic rings. The highest BCUT2D eigenvalue weighted by Gasteiger charge is 2.13. The fourth-order valence-electron chi connectivity index (χ4n) is 2.27. The minimum Gasteiger partial charge on any atom is -0.326 e. The molecule has 0 amide bonds. The maximum atomic E-state index is 13.8. The Balaban J connectivity index is 1.97. The summed E-state index contributed by atoms with van der Waals surface area (Å²) in [4.78, 5) is 8.95. The number of nitrogens with zero attached hydrogens (tertiary/aromatic N) is 3. The maximum Gasteiger partial charge on any atom is 0.138 e. The van der Waals surface area contributed by atoms with E-state index in [-0.39, 0.29) is 5.82 Å². The maximum absolute atomic E-state index is 13.8. The summed E-state index contributed by atoms with van der Waals surface area (Å²) in [6, 6.07) is 3.29. The minimum atomic E-state index is -0.227. The molecule has 2 heterocycles. The monoisotopic (exact) mass is 435 g/mol. The highest BCUT2D eigenvalue weighted by Crippen LogP contribution is 2.23. The molecule has 0 bridgehead atoms. The lowest BCUT2D eigenvalue weighted by atomic mass is 10.3. The van der Waals surface area contributed by atoms with Gasteiger partial charge in [0.2, 0.25) is 0 Å². The van der Waals surface area contributed by atoms with Gasteiger partial charge in [-0.05, 0) is 35.6 Å². The van der Waals surface area contributed by atoms with Crippen molar-refractivity contribution in [1.29, 1.82) is 0 Å². The largest absolute Gasteiger partial charge is 0.326 e. The van der Waals surface area contributed by atoms with Crippen molar-refractivity contribution in [1.82, 2.24) is 14.5 Å². The van der Waals surface area contributed by atoms with Crippen LogP contribution < -0.4 is 0 Å². The van der Waals surface area contributed by atoms with E-state index in [0.29, 0.717) is 16.0 Å². The zero-order valence-corrected chi connectivity index (χ0v) is 15.0. The Bertz CT molecular complexity index is 799. The Morgan fingerprint density at radius 1 is 1.38 bits per heavy atom. The van der Waals surface area contributed by atoms with Gasteiger partial charge in [-0.15, -0.1) is 22.9 Å². The van der Waals surface area contributed by atoms with Crippen LogP contribution in [0.1, 0.15) is 16.5 Å². The molecule has 0 aliphatic carbocycles. The van der Waals surface area contributed by atoms with Crippen LogP contribution in [0, 0.1) is 16.3 Å². The number of hydrogen-bond donors (Lipinski definition) is 0. The van der Waals surface area contributed by atoms with E-state index >= 15 is 0 Å². The number of alkyl halides is 1. The van der Waals surface area contributed by atoms with Crippen LogP contribution in [-0.4, -0.2) is 14.5 Å². The first-order valence-electron chi connectivity index (χ1n) is 6.39. The highest BCUT2D eigenvalue weighted by atomic mass is 127. The van der Waals surface area contributed by atoms with E-state index in [4.69, 9.17) is 11.6 Å². The molecule has 3 aromatic rings. The molecule has 21 heavy (non-hydrogen) atoms. The standard InChI is InChI=1S/C14H12ClFIN3S/c1-8-18-9(7-21-8)2-3-20-13-4-10(16)11(17)5-12(13)19-14(20)6-15/h4-5,7H,2-3,6H2,1H3. The van der Waals surface area contributed by atoms with Gasteiger partial charge in [0.15, 0.2) is 0 Å². The van der Waals surface area contributed by atoms with Crippen LogP contribution in [0.4, 0.5) is 4.39 Å². The first-order valence-corrected chi connectivity index (χ1v) is 8.89. The molecule has 0 fully saturated rings. The molecule has 3 nitrogen and oxygen atoms in total. The Morgan fingerprint density at radius 3 is 2.86 bits per heavy atom. The summed E-state index contributed by atoms with van der Waals surface area (Å²) in [6.45, 7) is 2.68. The van der Waals surface area contributed by atoms with E-state index in [0.717, 1.165) is 34.0 Å². The topological polar surface area (TPSA) is 30.7 Å². The van der Waals surface area contributed by atoms with Gasteiger partial charge in [-0.1, -0.05) is 0 Å². The Morgan fingerprint density at radius 2 is 2.19 bits per heavy atom. The zero-order chi connectivity index (χ0) is 15.0. The number of fused-ring (bicyclic) bond motifs is 1. The summed E-state index contributed by atoms with van der Waals surface area (Å²) in [5.41, 5.74) is 2.62. The lowest BCUT2D eigenvalue weighted by molar-refractivity contribution is 0.619. The fraction of sp³-hybridized carbons (Fsp3) is 0.286. The van der Waals surface area contributed by atoms with Gasteiger partial charge < -0.3 is 4.57 Å². The van der Waals surface area contributed by atoms with Crippen LogP contribution in [-0.2, 0) is 18.8 Å². The van der Waals surface area contributed by atoms with Crippen molar-refractivity contribution in [3.63, 3.8) is 0 Å². The molecule has 0 saturated heterocycles. The van der Waals surface area contributed by atoms with E-state index in [1.807, 2.05) is 34.1 Å². The number of halogens is 3. The SMILES string of the molecule is Cc1nc(CCn2c(CCl)nc3cc(I)c(F)cc32)cs1. The summed E-state index contributed by atoms with van der Waals surface area (Å²) >= 11 is 9.59. The molecular formula is C14H12ClFIN3S. The highest BCUT2D eigenvalue weighted by molar-refractivity contribution is 14.1. The van der Waals surface area contributed by atoms with E-state index in [1.165, 1.54) is 6.07 Å². The molecule has 0 spiro atoms. The second kappa shape index (κ2) is 6.18. The van der Waals surface area contributed by atoms with Crippen LogP contribution in [0.25, 0.3) is 11.0 Å². The van der Waals surface area contributed by atoms with E-state index in [1.54, 1.807) is 17.4 Å². The summed E-state index contributed by atoms with van der Waals surface area (Å²) in [7, 11) is 0. The lowest BCUT2D eigenvalue weighted by Gasteiger charge is -2.06. The average Bonchev–Trinajstić information content (AvgIpc) is 3.01. The summed E-state index contributed by atoms with van der Waals surface area (Å²) < 4.78 is 16.4. The third-order valence-electron chi connectivity index (χ3n) is 3.25. The van der Waals surface area contributed by atoms with Crippen molar-refractivity contribution in [2.24, 2.45) is 0 Å². The molecule has 0 aliphatic heterocycles. The number of imidazole rings is 1. The first kappa shape index (κ1) is 15.2. The molecule has 0 saturated carbocycles. The van der Waals surface area contributed by atoms with Crippen molar-refractivity contribution < 1.29 is 4.39 Å². The predicted molar refractivity (Wildman–Crippen MR) is 92.5 cm³/mol. The predicted octanol–water partition coefficient (Wildman–Crippen LogP) is 4.53. The third-order valence-corrected chi connectivity index (χ3v) is 5.14. The molecule has 110 valence electrons. The second-order valence-corrected chi connectivity index (χ2v) is 7.17. The molecule has 0 atom stereocenters. The quantitative estimate of drug-likeness (QED) is 0.445. The Kier molecular flexibility index (Phi) is 4.46. The van der Waals surface area contributed by atoms with Gasteiger partial charge in [0.25, 0.3) is 0 Å². The van der Waals surface area contributed by atoms with Crippen molar-refractivity contribution in [2.45, 2.75) is 25.8 Å². The number of hydrogen-bond acceptors (Lipinski definition) is 3. The van der Waals surface area contributed by atoms with Crippen LogP contribution in [0.3, 0.4) is 0 Å². The van der Waals surface area contributed by atoms with E-state index in [9.17, 15) is 4.39 Å². The molecule has 0 unspecified atom stereocenters. The van der Waals surface area contributed by atoms with Crippen molar-refractivity contribution >= 4 is 56.6 Å². The summed E-state index contributed by atoms with van der Waals surface area (Å²) in [5.74, 6) is 0.845. The van der Waals surface area contributed by atoms with Gasteiger partial charge in [-0.3, -0.25) is 0 Å². The molecule has 3 rings (SSSR count). The van der Waals surface area contributed by atoms with Crippen LogP contribution in [0.15, 0.2) is 17.5 Å². The van der Waals surface area contributed by atoms with E-state index < -0.39 is 0 Å². The smallest absolute Gasteiger partial charge is 0.138 e. The fourth-order valence-corrected chi connectivity index (χ4v) is 3.57. The van der Waals surface area contributed by atoms with E-state index in [2.05, 4.69) is 15.3 Å². The molecule has 7 heteroatoms. The number of aryl methyl sites for hydroxylation is 3. The van der Waals surface area contributed by atoms with Gasteiger partial charge in [-0.2, -0.15) is 0 Å². The Labute approximate surface area is 144 Å². The second-order valence-electron chi connectivity index (χ2n) is 4.68. The molecule has 0 N–H and O–H groups in total. The minimum absolute atomic E-state index is 0.227. The average molecular weight is 436 g/mol. The van der Waals surface area contributed by atoms with Gasteiger partial charge >= 0.3 is 0 Å². The van der Waals surface area contributed by atoms with Gasteiger partial charge in [0.1, 0.15) is 11.6 Å². The summed E-state index contributed by atoms with van der Waals surface area (Å²) in [5, 5.41) is 3.11. The van der Waals surface area contributed by atoms with Crippen molar-refractivity contribution in [3.05, 3.63) is 43.4 Å². The van der Waals surface area contributed by atoms with Crippen LogP contribution in [0.5, 0.6) is 0 Å². The van der Waals surface area contributed by atoms with Crippen LogP contribution >= 0.6 is 45.5 Å². The normalized spacial score (nSPS) is 11.4. The molecule has 1 aromatic carbocycles. The van der Waals surface area contributed by atoms with Gasteiger partial charge in [0.05, 0.1) is 31.2 Å². The van der Waals surface area contributed by atoms with Gasteiger partial charge in [-0.25, -0.2) is 14.4 Å². The number of benzene rings is 1. The number of thiazole rings is 1. The summed E-state index contributed by atoms with van der Waals surface area (Å²) in [6.07, 6.45) is 0.785. The van der Waals surface area contributed by atoms with Gasteiger partial charge in [0, 0.05) is 24.4 Å². The van der Waals surface area contributed by atoms with Crippen molar-refractivity contribution in [2.75, 3.05) is 0 Å².